The molecular formula is C69H109N13O13S2. The Hall–Kier alpha value is -6.07. The molecule has 3 saturated heterocycles. The second-order valence-electron chi connectivity index (χ2n) is 28.5. The molecule has 6 unspecified atom stereocenters. The molecule has 26 nitrogen and oxygen atoms in total. The molecule has 3 aliphatic carbocycles. The first kappa shape index (κ1) is 76.7. The summed E-state index contributed by atoms with van der Waals surface area (Å²) >= 11 is 2.93. The predicted octanol–water partition coefficient (Wildman–Crippen LogP) is 1.81. The minimum absolute atomic E-state index is 0.0399. The summed E-state index contributed by atoms with van der Waals surface area (Å²) in [5.74, 6) is -6.11. The van der Waals surface area contributed by atoms with E-state index in [0.717, 1.165) is 67.4 Å². The number of amides is 10. The van der Waals surface area contributed by atoms with Crippen LogP contribution in [0.5, 0.6) is 0 Å². The molecule has 1 aromatic rings. The van der Waals surface area contributed by atoms with E-state index in [0.29, 0.717) is 81.8 Å². The van der Waals surface area contributed by atoms with Gasteiger partial charge in [0.1, 0.15) is 48.3 Å². The zero-order valence-corrected chi connectivity index (χ0v) is 59.2. The summed E-state index contributed by atoms with van der Waals surface area (Å²) in [6.07, 6.45) is 11.2. The van der Waals surface area contributed by atoms with Gasteiger partial charge in [-0.15, -0.1) is 0 Å². The number of primary amides is 1. The quantitative estimate of drug-likeness (QED) is 0.126. The molecule has 3 saturated carbocycles. The van der Waals surface area contributed by atoms with E-state index in [1.807, 2.05) is 24.3 Å². The number of aliphatic hydroxyl groups excluding tert-OH is 1. The van der Waals surface area contributed by atoms with Crippen LogP contribution in [0.4, 0.5) is 0 Å². The summed E-state index contributed by atoms with van der Waals surface area (Å²) in [4.78, 5) is 165. The van der Waals surface area contributed by atoms with Crippen molar-refractivity contribution in [2.75, 3.05) is 72.4 Å². The summed E-state index contributed by atoms with van der Waals surface area (Å²) in [5, 5.41) is 39.6. The summed E-state index contributed by atoms with van der Waals surface area (Å²) in [5.41, 5.74) is 13.7. The number of carboxylic acids is 1. The van der Waals surface area contributed by atoms with Gasteiger partial charge in [-0.1, -0.05) is 49.9 Å². The Morgan fingerprint density at radius 3 is 1.90 bits per heavy atom. The fourth-order valence-electron chi connectivity index (χ4n) is 16.0. The van der Waals surface area contributed by atoms with E-state index in [2.05, 4.69) is 31.9 Å². The largest absolute Gasteiger partial charge is 0.481 e. The smallest absolute Gasteiger partial charge is 0.305 e. The predicted molar refractivity (Wildman–Crippen MR) is 369 cm³/mol. The van der Waals surface area contributed by atoms with Gasteiger partial charge in [0.25, 0.3) is 0 Å². The van der Waals surface area contributed by atoms with E-state index in [9.17, 15) is 48.6 Å². The van der Waals surface area contributed by atoms with Gasteiger partial charge in [0, 0.05) is 76.3 Å². The molecule has 14 atom stereocenters. The van der Waals surface area contributed by atoms with E-state index in [-0.39, 0.29) is 98.4 Å². The summed E-state index contributed by atoms with van der Waals surface area (Å²) in [7, 11) is 5.75. The maximum Gasteiger partial charge on any atom is 0.305 e. The fourth-order valence-corrected chi connectivity index (χ4v) is 17.9. The van der Waals surface area contributed by atoms with Crippen molar-refractivity contribution >= 4 is 88.6 Å². The van der Waals surface area contributed by atoms with Gasteiger partial charge in [0.15, 0.2) is 0 Å². The zero-order chi connectivity index (χ0) is 70.0. The maximum atomic E-state index is 15.5. The second kappa shape index (κ2) is 36.8. The van der Waals surface area contributed by atoms with Gasteiger partial charge in [-0.2, -0.15) is 23.5 Å². The van der Waals surface area contributed by atoms with Crippen molar-refractivity contribution in [1.82, 2.24) is 56.4 Å². The SMILES string of the molecule is C[C@H]1C(=O)N(C)[C@@H](CC2CCC(O)CC2)C(=O)N2CCC[C@H]2C(=O)N[C@H](C(N)=O)CSCc2cccc(c2)CSCCC(=O)N[C@@H](CCCCN)C(=O)N(C)CC(=O)N(C)[C@@H](CC2CNC3CCCCC23)C(=O)N[C@@H](CC2CNC3CCCCC23)C(=O)N[C@@H](CC(=O)O)C(=O)N1C. The van der Waals surface area contributed by atoms with Gasteiger partial charge in [0.05, 0.1) is 19.1 Å². The number of thioether (sulfide) groups is 2. The van der Waals surface area contributed by atoms with Crippen molar-refractivity contribution in [1.29, 1.82) is 0 Å². The van der Waals surface area contributed by atoms with E-state index >= 15 is 14.4 Å². The number of aliphatic hydroxyl groups is 1. The van der Waals surface area contributed by atoms with Crippen molar-refractivity contribution in [2.24, 2.45) is 41.1 Å². The molecule has 7 aliphatic rings. The molecule has 0 spiro atoms. The third kappa shape index (κ3) is 21.0. The van der Waals surface area contributed by atoms with Crippen LogP contribution < -0.4 is 43.4 Å². The number of likely N-dealkylation sites (N-methyl/N-ethyl adjacent to an activating group) is 4. The first-order valence-corrected chi connectivity index (χ1v) is 37.9. The third-order valence-electron chi connectivity index (χ3n) is 21.9. The first-order chi connectivity index (χ1) is 46.4. The van der Waals surface area contributed by atoms with Crippen LogP contribution >= 0.6 is 23.5 Å². The Morgan fingerprint density at radius 2 is 1.26 bits per heavy atom. The molecule has 28 heteroatoms. The molecule has 6 fully saturated rings. The number of nitrogens with zero attached hydrogens (tertiary/aromatic N) is 5. The Labute approximate surface area is 580 Å². The van der Waals surface area contributed by atoms with Crippen LogP contribution in [0.3, 0.4) is 0 Å². The Balaban J connectivity index is 1.11. The molecule has 540 valence electrons. The highest BCUT2D eigenvalue weighted by molar-refractivity contribution is 7.98. The Morgan fingerprint density at radius 1 is 0.629 bits per heavy atom. The molecule has 0 radical (unpaired) electrons. The molecule has 8 rings (SSSR count). The number of hydrogen-bond acceptors (Lipinski definition) is 17. The topological polar surface area (TPSA) is 369 Å². The van der Waals surface area contributed by atoms with Crippen molar-refractivity contribution in [3.05, 3.63) is 35.4 Å². The highest BCUT2D eigenvalue weighted by Crippen LogP contribution is 2.39. The lowest BCUT2D eigenvalue weighted by atomic mass is 9.77. The highest BCUT2D eigenvalue weighted by Gasteiger charge is 2.47. The monoisotopic (exact) mass is 1390 g/mol. The highest BCUT2D eigenvalue weighted by atomic mass is 32.2. The van der Waals surface area contributed by atoms with Crippen LogP contribution in [-0.2, 0) is 64.2 Å². The fraction of sp³-hybridized carbons (Fsp3) is 0.754. The summed E-state index contributed by atoms with van der Waals surface area (Å²) < 4.78 is 0. The van der Waals surface area contributed by atoms with Crippen LogP contribution in [0.1, 0.15) is 159 Å². The van der Waals surface area contributed by atoms with Crippen molar-refractivity contribution in [3.8, 4) is 0 Å². The number of rotatable bonds is 13. The van der Waals surface area contributed by atoms with Gasteiger partial charge in [-0.3, -0.25) is 52.7 Å². The van der Waals surface area contributed by atoms with Gasteiger partial charge < -0.3 is 78.1 Å². The molecular weight excluding hydrogens is 1280 g/mol. The number of aliphatic carboxylic acids is 1. The van der Waals surface area contributed by atoms with E-state index in [1.54, 1.807) is 0 Å². The van der Waals surface area contributed by atoms with Crippen LogP contribution in [0.15, 0.2) is 24.3 Å². The average Bonchev–Trinajstić information content (AvgIpc) is 1.80. The van der Waals surface area contributed by atoms with E-state index in [1.165, 1.54) is 78.2 Å². The second-order valence-corrected chi connectivity index (χ2v) is 30.7. The third-order valence-corrected chi connectivity index (χ3v) is 24.0. The number of hydrogen-bond donors (Lipinski definition) is 10. The van der Waals surface area contributed by atoms with Gasteiger partial charge in [-0.25, -0.2) is 0 Å². The van der Waals surface area contributed by atoms with Gasteiger partial charge in [-0.05, 0) is 170 Å². The average molecular weight is 1390 g/mol. The number of carboxylic acid groups (broad SMARTS) is 1. The number of fused-ring (bicyclic) bond motifs is 5. The standard InChI is InChI=1S/C69H109N13O13S2/c1-41-66(92)81(5)58(31-42-22-24-47(83)25-23-42)69(95)82-28-13-21-56(82)64(90)77-55(62(71)88)40-97-39-44-15-12-14-43(30-44)38-96-29-26-59(84)74-52(20-10-11-27-70)67(93)78(2)37-60(85)80(4)57(33-46-36-73-51-19-9-7-17-49(46)51)65(91)75-53(32-45-35-72-50-18-8-6-16-48(45)50)63(89)76-54(34-61(86)87)68(94)79(41)3/h12,14-15,30,41-42,45-58,72-73,83H,6-11,13,16-29,31-40,70H2,1-5H3,(H2,71,88)(H,74,84)(H,75,91)(H,76,89)(H,77,90)(H,86,87)/t41-,42?,45?,46?,47?,48?,49?,50?,51?,52-,53-,54-,55-,56-,57-,58-/m0/s1. The minimum atomic E-state index is -1.76. The Bertz CT molecular complexity index is 2920. The van der Waals surface area contributed by atoms with Crippen LogP contribution in [0, 0.1) is 29.6 Å². The lowest BCUT2D eigenvalue weighted by molar-refractivity contribution is -0.153. The molecule has 4 aliphatic heterocycles. The number of carbonyl (C=O) groups excluding carboxylic acids is 10. The summed E-state index contributed by atoms with van der Waals surface area (Å²) in [6.45, 7) is 2.67. The van der Waals surface area contributed by atoms with Gasteiger partial charge >= 0.3 is 5.97 Å². The van der Waals surface area contributed by atoms with E-state index < -0.39 is 127 Å². The number of carbonyl (C=O) groups is 11. The number of unbranched alkanes of at least 4 members (excludes halogenated alkanes) is 1. The Kier molecular flexibility index (Phi) is 29.1. The van der Waals surface area contributed by atoms with Crippen LogP contribution in [0.25, 0.3) is 0 Å². The van der Waals surface area contributed by atoms with E-state index in [4.69, 9.17) is 11.5 Å². The van der Waals surface area contributed by atoms with Crippen LogP contribution in [-0.4, -0.2) is 239 Å². The molecule has 1 aromatic carbocycles. The van der Waals surface area contributed by atoms with Crippen molar-refractivity contribution in [3.63, 3.8) is 0 Å². The molecule has 0 aromatic heterocycles. The zero-order valence-electron chi connectivity index (χ0n) is 57.6. The number of nitrogens with two attached hydrogens (primary N) is 2. The maximum absolute atomic E-state index is 15.5. The normalized spacial score (nSPS) is 32.9. The number of nitrogens with one attached hydrogen (secondary N) is 6. The van der Waals surface area contributed by atoms with Crippen molar-refractivity contribution in [2.45, 2.75) is 226 Å². The van der Waals surface area contributed by atoms with Gasteiger partial charge in [0.2, 0.25) is 59.1 Å². The molecule has 2 bridgehead atoms. The summed E-state index contributed by atoms with van der Waals surface area (Å²) in [6, 6.07) is -1.56. The first-order valence-electron chi connectivity index (χ1n) is 35.6. The molecule has 4 heterocycles. The number of benzene rings is 1. The van der Waals surface area contributed by atoms with Crippen molar-refractivity contribution < 1.29 is 63.0 Å². The minimum Gasteiger partial charge on any atom is -0.481 e. The van der Waals surface area contributed by atoms with Crippen LogP contribution in [0.2, 0.25) is 0 Å². The lowest BCUT2D eigenvalue weighted by Gasteiger charge is -2.38. The molecule has 12 N–H and O–H groups in total. The molecule has 10 amide bonds. The molecule has 97 heavy (non-hydrogen) atoms. The lowest BCUT2D eigenvalue weighted by Crippen LogP contribution is -2.60.